The van der Waals surface area contributed by atoms with Gasteiger partial charge in [-0.3, -0.25) is 14.7 Å². The van der Waals surface area contributed by atoms with Gasteiger partial charge in [0, 0.05) is 31.4 Å². The summed E-state index contributed by atoms with van der Waals surface area (Å²) < 4.78 is 5.11. The highest BCUT2D eigenvalue weighted by molar-refractivity contribution is 6.09. The van der Waals surface area contributed by atoms with Gasteiger partial charge in [0.2, 0.25) is 5.88 Å². The van der Waals surface area contributed by atoms with Crippen LogP contribution in [-0.4, -0.2) is 23.9 Å². The molecule has 0 saturated carbocycles. The summed E-state index contributed by atoms with van der Waals surface area (Å²) in [5, 5.41) is 0. The van der Waals surface area contributed by atoms with E-state index in [1.165, 1.54) is 18.2 Å². The van der Waals surface area contributed by atoms with Gasteiger partial charge in [0.25, 0.3) is 5.91 Å². The zero-order chi connectivity index (χ0) is 13.7. The van der Waals surface area contributed by atoms with Crippen LogP contribution < -0.4 is 4.90 Å². The van der Waals surface area contributed by atoms with Gasteiger partial charge >= 0.3 is 0 Å². The van der Waals surface area contributed by atoms with Gasteiger partial charge in [0.15, 0.2) is 0 Å². The Morgan fingerprint density at radius 2 is 2.21 bits per heavy atom. The average molecular weight is 256 g/mol. The SMILES string of the molecule is CN(C(=O)C(=C=O)Cc1ccccn1)c1ccco1. The van der Waals surface area contributed by atoms with Crippen molar-refractivity contribution in [3.63, 3.8) is 0 Å². The first-order valence-electron chi connectivity index (χ1n) is 5.68. The van der Waals surface area contributed by atoms with Crippen molar-refractivity contribution in [2.24, 2.45) is 0 Å². The van der Waals surface area contributed by atoms with Crippen LogP contribution in [0.25, 0.3) is 0 Å². The lowest BCUT2D eigenvalue weighted by molar-refractivity contribution is -0.115. The molecule has 5 nitrogen and oxygen atoms in total. The summed E-state index contributed by atoms with van der Waals surface area (Å²) in [7, 11) is 1.54. The number of aromatic nitrogens is 1. The molecule has 96 valence electrons. The minimum atomic E-state index is -0.449. The maximum Gasteiger partial charge on any atom is 0.267 e. The van der Waals surface area contributed by atoms with Crippen molar-refractivity contribution in [2.45, 2.75) is 6.42 Å². The van der Waals surface area contributed by atoms with Crippen molar-refractivity contribution in [1.29, 1.82) is 0 Å². The number of hydrogen-bond acceptors (Lipinski definition) is 4. The first-order chi connectivity index (χ1) is 9.22. The third kappa shape index (κ3) is 2.97. The van der Waals surface area contributed by atoms with Crippen molar-refractivity contribution >= 4 is 17.7 Å². The molecule has 0 N–H and O–H groups in total. The molecule has 2 aromatic heterocycles. The highest BCUT2D eigenvalue weighted by Gasteiger charge is 2.19. The Kier molecular flexibility index (Phi) is 3.90. The van der Waals surface area contributed by atoms with Gasteiger partial charge in [-0.05, 0) is 18.2 Å². The third-order valence-electron chi connectivity index (χ3n) is 2.61. The Bertz CT molecular complexity index is 599. The molecule has 1 amide bonds. The van der Waals surface area contributed by atoms with E-state index >= 15 is 0 Å². The molecule has 2 rings (SSSR count). The minimum absolute atomic E-state index is 0.0117. The molecule has 0 aromatic carbocycles. The molecule has 0 atom stereocenters. The first kappa shape index (κ1) is 12.8. The molecule has 0 aliphatic heterocycles. The molecule has 0 aliphatic carbocycles. The number of nitrogens with zero attached hydrogens (tertiary/aromatic N) is 2. The maximum absolute atomic E-state index is 12.1. The minimum Gasteiger partial charge on any atom is -0.448 e. The molecule has 0 unspecified atom stereocenters. The third-order valence-corrected chi connectivity index (χ3v) is 2.61. The number of pyridine rings is 1. The Hall–Kier alpha value is -2.65. The zero-order valence-corrected chi connectivity index (χ0v) is 10.4. The fourth-order valence-corrected chi connectivity index (χ4v) is 1.60. The van der Waals surface area contributed by atoms with E-state index in [1.54, 1.807) is 42.5 Å². The van der Waals surface area contributed by atoms with E-state index in [2.05, 4.69) is 4.98 Å². The number of likely N-dealkylation sites (N-methyl/N-ethyl adjacent to an activating group) is 1. The van der Waals surface area contributed by atoms with Gasteiger partial charge in [0.1, 0.15) is 11.5 Å². The number of amides is 1. The van der Waals surface area contributed by atoms with Crippen LogP contribution in [0.1, 0.15) is 5.69 Å². The fourth-order valence-electron chi connectivity index (χ4n) is 1.60. The topological polar surface area (TPSA) is 63.4 Å². The van der Waals surface area contributed by atoms with Gasteiger partial charge in [-0.1, -0.05) is 6.07 Å². The quantitative estimate of drug-likeness (QED) is 0.616. The van der Waals surface area contributed by atoms with E-state index in [1.807, 2.05) is 0 Å². The van der Waals surface area contributed by atoms with E-state index < -0.39 is 5.91 Å². The normalized spacial score (nSPS) is 9.74. The second-order valence-electron chi connectivity index (χ2n) is 3.89. The standard InChI is InChI=1S/C14H12N2O3/c1-16(13-6-4-8-19-13)14(18)11(10-17)9-12-5-2-3-7-15-12/h2-8H,9H2,1H3. The van der Waals surface area contributed by atoms with Crippen molar-refractivity contribution in [3.8, 4) is 0 Å². The van der Waals surface area contributed by atoms with Crippen LogP contribution in [0.5, 0.6) is 0 Å². The van der Waals surface area contributed by atoms with Gasteiger partial charge in [0.05, 0.1) is 6.26 Å². The largest absolute Gasteiger partial charge is 0.448 e. The summed E-state index contributed by atoms with van der Waals surface area (Å²) in [5.41, 5.74) is 0.652. The van der Waals surface area contributed by atoms with E-state index in [4.69, 9.17) is 4.42 Å². The molecule has 2 heterocycles. The number of rotatable bonds is 4. The summed E-state index contributed by atoms with van der Waals surface area (Å²) in [5.74, 6) is 1.61. The van der Waals surface area contributed by atoms with Crippen molar-refractivity contribution in [3.05, 3.63) is 54.1 Å². The van der Waals surface area contributed by atoms with Crippen LogP contribution in [0.2, 0.25) is 0 Å². The van der Waals surface area contributed by atoms with Gasteiger partial charge < -0.3 is 4.42 Å². The molecule has 2 aromatic rings. The van der Waals surface area contributed by atoms with E-state index in [0.29, 0.717) is 11.6 Å². The van der Waals surface area contributed by atoms with Crippen LogP contribution in [0.3, 0.4) is 0 Å². The molecule has 0 aliphatic rings. The molecule has 5 heteroatoms. The number of carbonyl (C=O) groups is 1. The Morgan fingerprint density at radius 3 is 2.79 bits per heavy atom. The van der Waals surface area contributed by atoms with Crippen LogP contribution in [0, 0.1) is 0 Å². The van der Waals surface area contributed by atoms with Crippen LogP contribution >= 0.6 is 0 Å². The summed E-state index contributed by atoms with van der Waals surface area (Å²) in [6.07, 6.45) is 3.22. The lowest BCUT2D eigenvalue weighted by Gasteiger charge is -2.13. The monoisotopic (exact) mass is 256 g/mol. The fraction of sp³-hybridized carbons (Fsp3) is 0.143. The molecule has 19 heavy (non-hydrogen) atoms. The number of carbonyl (C=O) groups excluding carboxylic acids is 2. The van der Waals surface area contributed by atoms with Crippen molar-refractivity contribution in [1.82, 2.24) is 4.98 Å². The zero-order valence-electron chi connectivity index (χ0n) is 10.4. The summed E-state index contributed by atoms with van der Waals surface area (Å²) in [4.78, 5) is 28.4. The highest BCUT2D eigenvalue weighted by Crippen LogP contribution is 2.15. The molecule has 0 spiro atoms. The average Bonchev–Trinajstić information content (AvgIpc) is 2.98. The van der Waals surface area contributed by atoms with Crippen molar-refractivity contribution < 1.29 is 14.0 Å². The van der Waals surface area contributed by atoms with Gasteiger partial charge in [-0.2, -0.15) is 0 Å². The van der Waals surface area contributed by atoms with E-state index in [-0.39, 0.29) is 12.0 Å². The second-order valence-corrected chi connectivity index (χ2v) is 3.89. The van der Waals surface area contributed by atoms with Crippen LogP contribution in [0.4, 0.5) is 5.88 Å². The Balaban J connectivity index is 2.15. The number of anilines is 1. The van der Waals surface area contributed by atoms with Gasteiger partial charge in [-0.25, -0.2) is 4.79 Å². The number of hydrogen-bond donors (Lipinski definition) is 0. The molecule has 0 fully saturated rings. The highest BCUT2D eigenvalue weighted by atomic mass is 16.3. The van der Waals surface area contributed by atoms with Crippen LogP contribution in [-0.2, 0) is 16.0 Å². The van der Waals surface area contributed by atoms with Gasteiger partial charge in [-0.15, -0.1) is 0 Å². The molecule has 0 saturated heterocycles. The number of furan rings is 1. The summed E-state index contributed by atoms with van der Waals surface area (Å²) in [6, 6.07) is 8.62. The maximum atomic E-state index is 12.1. The lowest BCUT2D eigenvalue weighted by atomic mass is 10.1. The Labute approximate surface area is 110 Å². The second kappa shape index (κ2) is 5.80. The lowest BCUT2D eigenvalue weighted by Crippen LogP contribution is -2.28. The molecular weight excluding hydrogens is 244 g/mol. The van der Waals surface area contributed by atoms with Crippen molar-refractivity contribution in [2.75, 3.05) is 11.9 Å². The predicted octanol–water partition coefficient (Wildman–Crippen LogP) is 1.64. The molecule has 0 radical (unpaired) electrons. The first-order valence-corrected chi connectivity index (χ1v) is 5.68. The summed E-state index contributed by atoms with van der Waals surface area (Å²) in [6.45, 7) is 0. The van der Waals surface area contributed by atoms with E-state index in [0.717, 1.165) is 0 Å². The summed E-state index contributed by atoms with van der Waals surface area (Å²) >= 11 is 0. The Morgan fingerprint density at radius 1 is 1.37 bits per heavy atom. The van der Waals surface area contributed by atoms with E-state index in [9.17, 15) is 9.59 Å². The van der Waals surface area contributed by atoms with Crippen LogP contribution in [0.15, 0.2) is 52.8 Å². The molecular formula is C14H12N2O3. The smallest absolute Gasteiger partial charge is 0.267 e. The molecule has 0 bridgehead atoms. The predicted molar refractivity (Wildman–Crippen MR) is 69.3 cm³/mol.